The molecule has 126 valence electrons. The average Bonchev–Trinajstić information content (AvgIpc) is 2.56. The highest BCUT2D eigenvalue weighted by Gasteiger charge is 2.35. The minimum Gasteiger partial charge on any atom is -0.359 e. The van der Waals surface area contributed by atoms with Crippen LogP contribution in [-0.4, -0.2) is 47.6 Å². The second kappa shape index (κ2) is 6.78. The van der Waals surface area contributed by atoms with E-state index in [1.165, 1.54) is 0 Å². The molecular formula is C16H22F2N4O. The number of nitrogens with one attached hydrogen (secondary N) is 2. The molecule has 1 aromatic rings. The minimum absolute atomic E-state index is 0.0785. The summed E-state index contributed by atoms with van der Waals surface area (Å²) in [5, 5.41) is 11.6. The lowest BCUT2D eigenvalue weighted by Gasteiger charge is -2.34. The molecule has 1 unspecified atom stereocenters. The van der Waals surface area contributed by atoms with Gasteiger partial charge in [-0.25, -0.2) is 8.78 Å². The largest absolute Gasteiger partial charge is 0.359 e. The van der Waals surface area contributed by atoms with Crippen LogP contribution in [0.5, 0.6) is 0 Å². The number of aromatic nitrogens is 1. The van der Waals surface area contributed by atoms with E-state index in [0.717, 1.165) is 31.6 Å². The van der Waals surface area contributed by atoms with Crippen molar-refractivity contribution in [3.05, 3.63) is 24.0 Å². The number of piperidine rings is 1. The molecule has 0 aliphatic carbocycles. The van der Waals surface area contributed by atoms with Crippen molar-refractivity contribution in [1.82, 2.24) is 9.88 Å². The second-order valence-electron chi connectivity index (χ2n) is 6.09. The first-order valence-corrected chi connectivity index (χ1v) is 8.10. The second-order valence-corrected chi connectivity index (χ2v) is 6.09. The Bertz CT molecular complexity index is 551. The van der Waals surface area contributed by atoms with Crippen LogP contribution in [0.1, 0.15) is 37.8 Å². The van der Waals surface area contributed by atoms with Gasteiger partial charge in [-0.15, -0.1) is 0 Å². The quantitative estimate of drug-likeness (QED) is 0.662. The smallest absolute Gasteiger partial charge is 0.251 e. The van der Waals surface area contributed by atoms with Gasteiger partial charge in [-0.1, -0.05) is 0 Å². The van der Waals surface area contributed by atoms with E-state index in [-0.39, 0.29) is 38.0 Å². The Hall–Kier alpha value is -1.76. The molecule has 7 heteroatoms. The summed E-state index contributed by atoms with van der Waals surface area (Å²) in [7, 11) is 0. The molecule has 2 N–H and O–H groups in total. The van der Waals surface area contributed by atoms with Crippen LogP contribution in [0.25, 0.3) is 0 Å². The van der Waals surface area contributed by atoms with E-state index in [0.29, 0.717) is 5.69 Å². The van der Waals surface area contributed by atoms with Crippen molar-refractivity contribution in [1.29, 1.82) is 5.41 Å². The lowest BCUT2D eigenvalue weighted by molar-refractivity contribution is -0.0434. The van der Waals surface area contributed by atoms with Gasteiger partial charge in [0, 0.05) is 38.7 Å². The predicted octanol–water partition coefficient (Wildman–Crippen LogP) is 3.08. The fourth-order valence-electron chi connectivity index (χ4n) is 2.95. The molecule has 1 atom stereocenters. The SMILES string of the molecule is N=C(c1ncccc1NC1CCCCO1)N1CCC(F)(F)CC1. The molecule has 3 rings (SSSR count). The van der Waals surface area contributed by atoms with Gasteiger partial charge in [-0.05, 0) is 31.4 Å². The number of likely N-dealkylation sites (tertiary alicyclic amines) is 1. The van der Waals surface area contributed by atoms with Crippen LogP contribution < -0.4 is 5.32 Å². The fraction of sp³-hybridized carbons (Fsp3) is 0.625. The zero-order chi connectivity index (χ0) is 16.3. The van der Waals surface area contributed by atoms with E-state index in [1.54, 1.807) is 17.2 Å². The molecule has 2 fully saturated rings. The number of anilines is 1. The maximum absolute atomic E-state index is 13.3. The van der Waals surface area contributed by atoms with Gasteiger partial charge in [-0.3, -0.25) is 10.4 Å². The fourth-order valence-corrected chi connectivity index (χ4v) is 2.95. The summed E-state index contributed by atoms with van der Waals surface area (Å²) in [6, 6.07) is 3.65. The molecule has 0 amide bonds. The first-order chi connectivity index (χ1) is 11.1. The molecule has 0 radical (unpaired) electrons. The third-order valence-corrected chi connectivity index (χ3v) is 4.34. The number of amidine groups is 1. The average molecular weight is 324 g/mol. The van der Waals surface area contributed by atoms with Crippen molar-refractivity contribution in [2.75, 3.05) is 25.0 Å². The normalized spacial score (nSPS) is 24.3. The Labute approximate surface area is 134 Å². The Balaban J connectivity index is 1.70. The van der Waals surface area contributed by atoms with E-state index < -0.39 is 5.92 Å². The number of hydrogen-bond donors (Lipinski definition) is 2. The maximum atomic E-state index is 13.3. The molecule has 0 bridgehead atoms. The van der Waals surface area contributed by atoms with Gasteiger partial charge >= 0.3 is 0 Å². The van der Waals surface area contributed by atoms with Gasteiger partial charge in [0.05, 0.1) is 5.69 Å². The van der Waals surface area contributed by atoms with E-state index in [9.17, 15) is 8.78 Å². The van der Waals surface area contributed by atoms with Gasteiger partial charge in [-0.2, -0.15) is 0 Å². The molecule has 0 spiro atoms. The standard InChI is InChI=1S/C16H22F2N4O/c17-16(18)6-9-22(10-7-16)15(19)14-12(4-3-8-20-14)21-13-5-1-2-11-23-13/h3-4,8,13,19,21H,1-2,5-7,9-11H2. The van der Waals surface area contributed by atoms with Crippen LogP contribution >= 0.6 is 0 Å². The van der Waals surface area contributed by atoms with Crippen molar-refractivity contribution in [2.24, 2.45) is 0 Å². The molecule has 5 nitrogen and oxygen atoms in total. The third-order valence-electron chi connectivity index (χ3n) is 4.34. The number of ether oxygens (including phenoxy) is 1. The molecule has 3 heterocycles. The van der Waals surface area contributed by atoms with Crippen molar-refractivity contribution < 1.29 is 13.5 Å². The molecule has 23 heavy (non-hydrogen) atoms. The van der Waals surface area contributed by atoms with E-state index in [2.05, 4.69) is 10.3 Å². The maximum Gasteiger partial charge on any atom is 0.251 e. The number of hydrogen-bond acceptors (Lipinski definition) is 4. The van der Waals surface area contributed by atoms with Crippen LogP contribution in [0, 0.1) is 5.41 Å². The van der Waals surface area contributed by atoms with Crippen molar-refractivity contribution in [3.8, 4) is 0 Å². The zero-order valence-electron chi connectivity index (χ0n) is 13.0. The van der Waals surface area contributed by atoms with Crippen LogP contribution in [0.2, 0.25) is 0 Å². The van der Waals surface area contributed by atoms with E-state index in [1.807, 2.05) is 6.07 Å². The summed E-state index contributed by atoms with van der Waals surface area (Å²) < 4.78 is 32.2. The number of alkyl halides is 2. The molecule has 2 aliphatic heterocycles. The van der Waals surface area contributed by atoms with E-state index >= 15 is 0 Å². The zero-order valence-corrected chi connectivity index (χ0v) is 13.0. The molecule has 2 aliphatic rings. The van der Waals surface area contributed by atoms with Crippen molar-refractivity contribution >= 4 is 11.5 Å². The summed E-state index contributed by atoms with van der Waals surface area (Å²) >= 11 is 0. The van der Waals surface area contributed by atoms with Crippen LogP contribution in [0.15, 0.2) is 18.3 Å². The number of rotatable bonds is 3. The Morgan fingerprint density at radius 3 is 2.83 bits per heavy atom. The molecule has 1 aromatic heterocycles. The Kier molecular flexibility index (Phi) is 4.75. The first-order valence-electron chi connectivity index (χ1n) is 8.10. The van der Waals surface area contributed by atoms with Gasteiger partial charge in [0.25, 0.3) is 5.92 Å². The van der Waals surface area contributed by atoms with Gasteiger partial charge < -0.3 is 15.0 Å². The van der Waals surface area contributed by atoms with Gasteiger partial charge in [0.15, 0.2) is 0 Å². The molecule has 0 saturated carbocycles. The summed E-state index contributed by atoms with van der Waals surface area (Å²) in [6.07, 6.45) is 4.20. The minimum atomic E-state index is -2.61. The lowest BCUT2D eigenvalue weighted by atomic mass is 10.1. The Morgan fingerprint density at radius 2 is 2.13 bits per heavy atom. The first kappa shape index (κ1) is 16.1. The van der Waals surface area contributed by atoms with Crippen molar-refractivity contribution in [3.63, 3.8) is 0 Å². The molecular weight excluding hydrogens is 302 g/mol. The lowest BCUT2D eigenvalue weighted by Crippen LogP contribution is -2.43. The van der Waals surface area contributed by atoms with Crippen molar-refractivity contribution in [2.45, 2.75) is 44.3 Å². The summed E-state index contributed by atoms with van der Waals surface area (Å²) in [4.78, 5) is 5.96. The highest BCUT2D eigenvalue weighted by atomic mass is 19.3. The van der Waals surface area contributed by atoms with Crippen LogP contribution in [-0.2, 0) is 4.74 Å². The topological polar surface area (TPSA) is 61.2 Å². The molecule has 0 aromatic carbocycles. The van der Waals surface area contributed by atoms with Crippen LogP contribution in [0.3, 0.4) is 0 Å². The monoisotopic (exact) mass is 324 g/mol. The number of halogens is 2. The van der Waals surface area contributed by atoms with Gasteiger partial charge in [0.1, 0.15) is 17.8 Å². The van der Waals surface area contributed by atoms with Crippen LogP contribution in [0.4, 0.5) is 14.5 Å². The molecule has 2 saturated heterocycles. The van der Waals surface area contributed by atoms with E-state index in [4.69, 9.17) is 10.1 Å². The predicted molar refractivity (Wildman–Crippen MR) is 84.0 cm³/mol. The summed E-state index contributed by atoms with van der Waals surface area (Å²) in [5.74, 6) is -2.42. The van der Waals surface area contributed by atoms with Gasteiger partial charge in [0.2, 0.25) is 0 Å². The third kappa shape index (κ3) is 3.96. The summed E-state index contributed by atoms with van der Waals surface area (Å²) in [6.45, 7) is 1.09. The Morgan fingerprint density at radius 1 is 1.35 bits per heavy atom. The summed E-state index contributed by atoms with van der Waals surface area (Å²) in [5.41, 5.74) is 1.22. The number of pyridine rings is 1. The highest BCUT2D eigenvalue weighted by Crippen LogP contribution is 2.29. The highest BCUT2D eigenvalue weighted by molar-refractivity contribution is 5.99. The number of nitrogens with zero attached hydrogens (tertiary/aromatic N) is 2.